The summed E-state index contributed by atoms with van der Waals surface area (Å²) in [6, 6.07) is 13.2. The van der Waals surface area contributed by atoms with Gasteiger partial charge in [-0.25, -0.2) is 0 Å². The van der Waals surface area contributed by atoms with Crippen LogP contribution in [0.1, 0.15) is 111 Å². The molecule has 4 rings (SSSR count). The molecule has 4 nitrogen and oxygen atoms in total. The van der Waals surface area contributed by atoms with Crippen molar-refractivity contribution in [3.8, 4) is 0 Å². The van der Waals surface area contributed by atoms with Gasteiger partial charge >= 0.3 is 0 Å². The molecule has 0 amide bonds. The molecule has 2 aliphatic carbocycles. The fourth-order valence-electron chi connectivity index (χ4n) is 6.27. The second-order valence-electron chi connectivity index (χ2n) is 10.3. The van der Waals surface area contributed by atoms with Crippen LogP contribution in [0.5, 0.6) is 0 Å². The standard InChI is InChI=1S/C34H46O4/c1-7-35-31-27(25-21-15-17-23(5)29(25)33(31)37-9-3)19-13-11-12-14-20-28-26-22-16-18-24(6)30(26)34(38-10-4)32(28)36-8-2/h15-18,21-22,27-28H,7-14,19-20H2,1-6H3. The number of rotatable bonds is 15. The molecule has 4 heteroatoms. The van der Waals surface area contributed by atoms with Crippen LogP contribution in [-0.2, 0) is 18.9 Å². The predicted molar refractivity (Wildman–Crippen MR) is 156 cm³/mol. The highest BCUT2D eigenvalue weighted by molar-refractivity contribution is 5.76. The quantitative estimate of drug-likeness (QED) is 0.220. The largest absolute Gasteiger partial charge is 0.494 e. The molecule has 206 valence electrons. The first-order chi connectivity index (χ1) is 18.6. The molecule has 0 bridgehead atoms. The number of ether oxygens (including phenoxy) is 4. The van der Waals surface area contributed by atoms with E-state index in [1.807, 2.05) is 0 Å². The van der Waals surface area contributed by atoms with Gasteiger partial charge in [-0.2, -0.15) is 0 Å². The number of allylic oxidation sites excluding steroid dienone is 2. The van der Waals surface area contributed by atoms with E-state index in [1.165, 1.54) is 59.1 Å². The summed E-state index contributed by atoms with van der Waals surface area (Å²) in [5, 5.41) is 0. The van der Waals surface area contributed by atoms with E-state index in [0.29, 0.717) is 26.4 Å². The highest BCUT2D eigenvalue weighted by Gasteiger charge is 2.36. The summed E-state index contributed by atoms with van der Waals surface area (Å²) < 4.78 is 24.6. The van der Waals surface area contributed by atoms with Crippen molar-refractivity contribution >= 4 is 11.5 Å². The number of hydrogen-bond acceptors (Lipinski definition) is 4. The average molecular weight is 519 g/mol. The van der Waals surface area contributed by atoms with E-state index < -0.39 is 0 Å². The van der Waals surface area contributed by atoms with Crippen LogP contribution < -0.4 is 0 Å². The van der Waals surface area contributed by atoms with Gasteiger partial charge in [0, 0.05) is 23.0 Å². The van der Waals surface area contributed by atoms with Gasteiger partial charge in [0.2, 0.25) is 0 Å². The lowest BCUT2D eigenvalue weighted by Gasteiger charge is -2.18. The first-order valence-electron chi connectivity index (χ1n) is 14.8. The molecule has 0 saturated heterocycles. The van der Waals surface area contributed by atoms with Gasteiger partial charge in [0.1, 0.15) is 11.5 Å². The summed E-state index contributed by atoms with van der Waals surface area (Å²) in [7, 11) is 0. The van der Waals surface area contributed by atoms with Gasteiger partial charge in [-0.1, -0.05) is 62.1 Å². The Hall–Kier alpha value is -2.88. The molecule has 2 atom stereocenters. The van der Waals surface area contributed by atoms with E-state index in [9.17, 15) is 0 Å². The monoisotopic (exact) mass is 518 g/mol. The Morgan fingerprint density at radius 1 is 0.526 bits per heavy atom. The molecule has 0 heterocycles. The van der Waals surface area contributed by atoms with E-state index in [2.05, 4.69) is 77.9 Å². The Morgan fingerprint density at radius 2 is 0.921 bits per heavy atom. The predicted octanol–water partition coefficient (Wildman–Crippen LogP) is 9.02. The van der Waals surface area contributed by atoms with Crippen LogP contribution in [0, 0.1) is 13.8 Å². The maximum Gasteiger partial charge on any atom is 0.165 e. The van der Waals surface area contributed by atoms with Crippen LogP contribution in [-0.4, -0.2) is 26.4 Å². The summed E-state index contributed by atoms with van der Waals surface area (Å²) in [5.41, 5.74) is 7.76. The maximum atomic E-state index is 6.20. The zero-order chi connectivity index (χ0) is 27.1. The molecule has 0 aliphatic heterocycles. The van der Waals surface area contributed by atoms with Crippen LogP contribution in [0.4, 0.5) is 0 Å². The number of fused-ring (bicyclic) bond motifs is 2. The first kappa shape index (κ1) is 28.1. The smallest absolute Gasteiger partial charge is 0.165 e. The number of unbranched alkanes of at least 4 members (excludes halogenated alkanes) is 3. The lowest BCUT2D eigenvalue weighted by molar-refractivity contribution is 0.189. The lowest BCUT2D eigenvalue weighted by atomic mass is 9.90. The van der Waals surface area contributed by atoms with Crippen LogP contribution in [0.25, 0.3) is 11.5 Å². The molecule has 2 aromatic carbocycles. The molecule has 0 fully saturated rings. The third-order valence-corrected chi connectivity index (χ3v) is 7.81. The zero-order valence-electron chi connectivity index (χ0n) is 24.3. The molecule has 2 aliphatic rings. The van der Waals surface area contributed by atoms with Crippen molar-refractivity contribution in [2.75, 3.05) is 26.4 Å². The van der Waals surface area contributed by atoms with E-state index in [-0.39, 0.29) is 11.8 Å². The Balaban J connectivity index is 1.39. The minimum absolute atomic E-state index is 0.289. The molecule has 0 aromatic heterocycles. The zero-order valence-corrected chi connectivity index (χ0v) is 24.3. The molecule has 0 radical (unpaired) electrons. The second kappa shape index (κ2) is 13.3. The van der Waals surface area contributed by atoms with E-state index in [0.717, 1.165) is 35.9 Å². The van der Waals surface area contributed by atoms with Crippen molar-refractivity contribution < 1.29 is 18.9 Å². The molecular formula is C34H46O4. The van der Waals surface area contributed by atoms with Crippen LogP contribution in [0.2, 0.25) is 0 Å². The van der Waals surface area contributed by atoms with Crippen molar-refractivity contribution in [2.24, 2.45) is 0 Å². The summed E-state index contributed by atoms with van der Waals surface area (Å²) >= 11 is 0. The summed E-state index contributed by atoms with van der Waals surface area (Å²) in [5.74, 6) is 4.57. The molecule has 0 saturated carbocycles. The molecule has 38 heavy (non-hydrogen) atoms. The van der Waals surface area contributed by atoms with Gasteiger partial charge in [-0.15, -0.1) is 0 Å². The number of benzene rings is 2. The Labute approximate surface area is 230 Å². The second-order valence-corrected chi connectivity index (χ2v) is 10.3. The molecule has 0 spiro atoms. The van der Waals surface area contributed by atoms with Crippen molar-refractivity contribution in [1.82, 2.24) is 0 Å². The van der Waals surface area contributed by atoms with Gasteiger partial charge < -0.3 is 18.9 Å². The SMILES string of the molecule is CCOC1=C(OCC)C(CCCCCCC2C(OCC)=C(OCC)c3c(C)cccc32)c2cccc(C)c21. The Bertz CT molecular complexity index is 1070. The normalized spacial score (nSPS) is 18.1. The Kier molecular flexibility index (Phi) is 9.82. The molecular weight excluding hydrogens is 472 g/mol. The number of aryl methyl sites for hydroxylation is 2. The fraction of sp³-hybridized carbons (Fsp3) is 0.529. The Morgan fingerprint density at radius 3 is 1.29 bits per heavy atom. The van der Waals surface area contributed by atoms with Gasteiger partial charge in [0.25, 0.3) is 0 Å². The third-order valence-electron chi connectivity index (χ3n) is 7.81. The van der Waals surface area contributed by atoms with Crippen molar-refractivity contribution in [3.05, 3.63) is 81.3 Å². The first-order valence-corrected chi connectivity index (χ1v) is 14.8. The van der Waals surface area contributed by atoms with Crippen LogP contribution in [0.3, 0.4) is 0 Å². The summed E-state index contributed by atoms with van der Waals surface area (Å²) in [6.07, 6.45) is 6.94. The van der Waals surface area contributed by atoms with Gasteiger partial charge in [-0.05, 0) is 76.6 Å². The van der Waals surface area contributed by atoms with E-state index in [1.54, 1.807) is 0 Å². The molecule has 2 aromatic rings. The third kappa shape index (κ3) is 5.60. The number of hydrogen-bond donors (Lipinski definition) is 0. The highest BCUT2D eigenvalue weighted by Crippen LogP contribution is 2.48. The fourth-order valence-corrected chi connectivity index (χ4v) is 6.27. The van der Waals surface area contributed by atoms with E-state index in [4.69, 9.17) is 18.9 Å². The van der Waals surface area contributed by atoms with Crippen molar-refractivity contribution in [2.45, 2.75) is 91.9 Å². The van der Waals surface area contributed by atoms with Gasteiger partial charge in [0.15, 0.2) is 11.5 Å². The van der Waals surface area contributed by atoms with Crippen molar-refractivity contribution in [3.63, 3.8) is 0 Å². The van der Waals surface area contributed by atoms with Crippen LogP contribution >= 0.6 is 0 Å². The van der Waals surface area contributed by atoms with Gasteiger partial charge in [-0.3, -0.25) is 0 Å². The minimum atomic E-state index is 0.289. The average Bonchev–Trinajstić information content (AvgIpc) is 3.36. The highest BCUT2D eigenvalue weighted by atomic mass is 16.5. The van der Waals surface area contributed by atoms with Crippen LogP contribution in [0.15, 0.2) is 47.9 Å². The van der Waals surface area contributed by atoms with Crippen molar-refractivity contribution in [1.29, 1.82) is 0 Å². The maximum absolute atomic E-state index is 6.20. The minimum Gasteiger partial charge on any atom is -0.494 e. The van der Waals surface area contributed by atoms with E-state index >= 15 is 0 Å². The summed E-state index contributed by atoms with van der Waals surface area (Å²) in [6.45, 7) is 15.2. The molecule has 2 unspecified atom stereocenters. The molecule has 0 N–H and O–H groups in total. The van der Waals surface area contributed by atoms with Gasteiger partial charge in [0.05, 0.1) is 26.4 Å². The summed E-state index contributed by atoms with van der Waals surface area (Å²) in [4.78, 5) is 0. The topological polar surface area (TPSA) is 36.9 Å². The lowest BCUT2D eigenvalue weighted by Crippen LogP contribution is -2.05.